The maximum Gasteiger partial charge on any atom is 0.508 e. The SMILES string of the molecule is CC(=O)OC[C@@H]1O[C@H](OC(=O)O)[C@@H](OC(C)=O)[C@H]1OC(C)=O. The molecule has 10 nitrogen and oxygen atoms in total. The van der Waals surface area contributed by atoms with Crippen molar-refractivity contribution in [2.75, 3.05) is 6.61 Å². The van der Waals surface area contributed by atoms with E-state index in [4.69, 9.17) is 24.1 Å². The molecule has 1 rings (SSSR count). The monoisotopic (exact) mass is 320 g/mol. The number of hydrogen-bond acceptors (Lipinski definition) is 9. The first-order valence-corrected chi connectivity index (χ1v) is 6.23. The van der Waals surface area contributed by atoms with Gasteiger partial charge in [-0.05, 0) is 0 Å². The van der Waals surface area contributed by atoms with E-state index in [2.05, 4.69) is 4.74 Å². The molecule has 0 aromatic carbocycles. The third kappa shape index (κ3) is 5.20. The third-order valence-corrected chi connectivity index (χ3v) is 2.54. The van der Waals surface area contributed by atoms with Crippen molar-refractivity contribution >= 4 is 24.1 Å². The van der Waals surface area contributed by atoms with Crippen LogP contribution in [0.2, 0.25) is 0 Å². The first-order chi connectivity index (χ1) is 10.2. The Bertz CT molecular complexity index is 459. The molecule has 1 N–H and O–H groups in total. The summed E-state index contributed by atoms with van der Waals surface area (Å²) >= 11 is 0. The van der Waals surface area contributed by atoms with E-state index in [0.717, 1.165) is 20.8 Å². The smallest absolute Gasteiger partial charge is 0.463 e. The molecule has 124 valence electrons. The fourth-order valence-electron chi connectivity index (χ4n) is 1.87. The number of carbonyl (C=O) groups excluding carboxylic acids is 3. The number of ether oxygens (including phenoxy) is 5. The van der Waals surface area contributed by atoms with Crippen molar-refractivity contribution in [3.05, 3.63) is 0 Å². The molecule has 1 heterocycles. The molecule has 0 bridgehead atoms. The molecular weight excluding hydrogens is 304 g/mol. The number of rotatable bonds is 5. The molecule has 0 aromatic rings. The van der Waals surface area contributed by atoms with Gasteiger partial charge >= 0.3 is 24.1 Å². The van der Waals surface area contributed by atoms with Gasteiger partial charge in [0.2, 0.25) is 12.4 Å². The first-order valence-electron chi connectivity index (χ1n) is 6.23. The Kier molecular flexibility index (Phi) is 6.11. The number of carboxylic acid groups (broad SMARTS) is 1. The molecule has 0 unspecified atom stereocenters. The van der Waals surface area contributed by atoms with Crippen molar-refractivity contribution in [2.45, 2.75) is 45.4 Å². The van der Waals surface area contributed by atoms with Gasteiger partial charge in [-0.2, -0.15) is 0 Å². The van der Waals surface area contributed by atoms with Crippen LogP contribution in [0, 0.1) is 0 Å². The number of carbonyl (C=O) groups is 4. The number of esters is 3. The molecule has 0 radical (unpaired) electrons. The van der Waals surface area contributed by atoms with Crippen LogP contribution in [0.15, 0.2) is 0 Å². The predicted molar refractivity (Wildman–Crippen MR) is 65.5 cm³/mol. The van der Waals surface area contributed by atoms with Gasteiger partial charge in [0, 0.05) is 20.8 Å². The molecule has 22 heavy (non-hydrogen) atoms. The minimum absolute atomic E-state index is 0.329. The summed E-state index contributed by atoms with van der Waals surface area (Å²) in [7, 11) is 0. The third-order valence-electron chi connectivity index (χ3n) is 2.54. The maximum atomic E-state index is 11.2. The Labute approximate surface area is 125 Å². The summed E-state index contributed by atoms with van der Waals surface area (Å²) in [4.78, 5) is 43.8. The Morgan fingerprint density at radius 1 is 0.909 bits per heavy atom. The van der Waals surface area contributed by atoms with Gasteiger partial charge in [-0.1, -0.05) is 0 Å². The van der Waals surface area contributed by atoms with Crippen LogP contribution in [0.25, 0.3) is 0 Å². The summed E-state index contributed by atoms with van der Waals surface area (Å²) in [5, 5.41) is 8.66. The molecule has 1 fully saturated rings. The zero-order valence-corrected chi connectivity index (χ0v) is 12.1. The largest absolute Gasteiger partial charge is 0.508 e. The van der Waals surface area contributed by atoms with Gasteiger partial charge in [-0.15, -0.1) is 0 Å². The molecule has 1 aliphatic heterocycles. The van der Waals surface area contributed by atoms with Crippen LogP contribution in [0.3, 0.4) is 0 Å². The second kappa shape index (κ2) is 7.59. The van der Waals surface area contributed by atoms with Crippen molar-refractivity contribution in [3.8, 4) is 0 Å². The highest BCUT2D eigenvalue weighted by Crippen LogP contribution is 2.28. The van der Waals surface area contributed by atoms with Crippen LogP contribution in [0.1, 0.15) is 20.8 Å². The van der Waals surface area contributed by atoms with Gasteiger partial charge in [0.15, 0.2) is 6.10 Å². The molecule has 0 amide bonds. The van der Waals surface area contributed by atoms with E-state index in [9.17, 15) is 19.2 Å². The zero-order valence-electron chi connectivity index (χ0n) is 12.1. The average Bonchev–Trinajstić information content (AvgIpc) is 2.63. The normalized spacial score (nSPS) is 26.9. The molecule has 1 saturated heterocycles. The lowest BCUT2D eigenvalue weighted by Crippen LogP contribution is -2.42. The van der Waals surface area contributed by atoms with Crippen molar-refractivity contribution in [1.29, 1.82) is 0 Å². The lowest BCUT2D eigenvalue weighted by Gasteiger charge is -2.22. The van der Waals surface area contributed by atoms with Gasteiger partial charge in [-0.3, -0.25) is 14.4 Å². The summed E-state index contributed by atoms with van der Waals surface area (Å²) in [6.07, 6.45) is -6.70. The number of hydrogen-bond donors (Lipinski definition) is 1. The van der Waals surface area contributed by atoms with Crippen LogP contribution in [-0.4, -0.2) is 60.4 Å². The highest BCUT2D eigenvalue weighted by Gasteiger charge is 2.51. The van der Waals surface area contributed by atoms with E-state index in [-0.39, 0.29) is 6.61 Å². The molecule has 0 saturated carbocycles. The van der Waals surface area contributed by atoms with Crippen molar-refractivity contribution in [1.82, 2.24) is 0 Å². The highest BCUT2D eigenvalue weighted by molar-refractivity contribution is 5.68. The van der Waals surface area contributed by atoms with E-state index in [0.29, 0.717) is 0 Å². The van der Waals surface area contributed by atoms with Crippen LogP contribution >= 0.6 is 0 Å². The maximum absolute atomic E-state index is 11.2. The van der Waals surface area contributed by atoms with Crippen LogP contribution < -0.4 is 0 Å². The van der Waals surface area contributed by atoms with Crippen molar-refractivity contribution in [2.24, 2.45) is 0 Å². The predicted octanol–water partition coefficient (Wildman–Crippen LogP) is -0.168. The van der Waals surface area contributed by atoms with Crippen LogP contribution in [0.5, 0.6) is 0 Å². The quantitative estimate of drug-likeness (QED) is 0.537. The van der Waals surface area contributed by atoms with Gasteiger partial charge in [-0.25, -0.2) is 4.79 Å². The summed E-state index contributed by atoms with van der Waals surface area (Å²) in [6, 6.07) is 0. The molecule has 0 aliphatic carbocycles. The molecule has 4 atom stereocenters. The zero-order chi connectivity index (χ0) is 16.9. The Hall–Kier alpha value is -2.36. The van der Waals surface area contributed by atoms with Gasteiger partial charge < -0.3 is 28.8 Å². The van der Waals surface area contributed by atoms with Crippen LogP contribution in [-0.2, 0) is 38.1 Å². The van der Waals surface area contributed by atoms with Gasteiger partial charge in [0.1, 0.15) is 12.7 Å². The lowest BCUT2D eigenvalue weighted by molar-refractivity contribution is -0.178. The Balaban J connectivity index is 2.94. The molecule has 0 aromatic heterocycles. The van der Waals surface area contributed by atoms with E-state index in [1.54, 1.807) is 0 Å². The highest BCUT2D eigenvalue weighted by atomic mass is 16.8. The summed E-state index contributed by atoms with van der Waals surface area (Å²) < 4.78 is 24.3. The van der Waals surface area contributed by atoms with Crippen molar-refractivity contribution in [3.63, 3.8) is 0 Å². The second-order valence-corrected chi connectivity index (χ2v) is 4.38. The summed E-state index contributed by atoms with van der Waals surface area (Å²) in [5.74, 6) is -2.08. The second-order valence-electron chi connectivity index (χ2n) is 4.38. The standard InChI is InChI=1S/C12H16O10/c1-5(13)18-4-8-9(19-6(2)14)10(20-7(3)15)11(21-8)22-12(16)17/h8-11H,4H2,1-3H3,(H,16,17)/t8-,9-,10-,11+/m0/s1. The van der Waals surface area contributed by atoms with E-state index >= 15 is 0 Å². The molecular formula is C12H16O10. The average molecular weight is 320 g/mol. The molecule has 10 heteroatoms. The van der Waals surface area contributed by atoms with Gasteiger partial charge in [0.05, 0.1) is 0 Å². The molecule has 0 spiro atoms. The van der Waals surface area contributed by atoms with Crippen LogP contribution in [0.4, 0.5) is 4.79 Å². The fourth-order valence-corrected chi connectivity index (χ4v) is 1.87. The summed E-state index contributed by atoms with van der Waals surface area (Å²) in [5.41, 5.74) is 0. The Morgan fingerprint density at radius 3 is 1.91 bits per heavy atom. The minimum Gasteiger partial charge on any atom is -0.463 e. The van der Waals surface area contributed by atoms with Crippen molar-refractivity contribution < 1.29 is 48.0 Å². The van der Waals surface area contributed by atoms with Gasteiger partial charge in [0.25, 0.3) is 0 Å². The van der Waals surface area contributed by atoms with E-state index < -0.39 is 48.7 Å². The van der Waals surface area contributed by atoms with E-state index in [1.165, 1.54) is 0 Å². The molecule has 1 aliphatic rings. The summed E-state index contributed by atoms with van der Waals surface area (Å²) in [6.45, 7) is 3.02. The lowest BCUT2D eigenvalue weighted by atomic mass is 10.1. The fraction of sp³-hybridized carbons (Fsp3) is 0.667. The Morgan fingerprint density at radius 2 is 1.45 bits per heavy atom. The minimum atomic E-state index is -1.67. The topological polar surface area (TPSA) is 135 Å². The van der Waals surface area contributed by atoms with E-state index in [1.807, 2.05) is 0 Å². The first kappa shape index (κ1) is 17.7.